The zero-order valence-corrected chi connectivity index (χ0v) is 16.3. The molecular weight excluding hydrogens is 362 g/mol. The lowest BCUT2D eigenvalue weighted by Crippen LogP contribution is -2.26. The Hall–Kier alpha value is -3.44. The normalized spacial score (nSPS) is 12.2. The van der Waals surface area contributed by atoms with Crippen molar-refractivity contribution in [3.05, 3.63) is 102 Å². The van der Waals surface area contributed by atoms with Gasteiger partial charge in [-0.25, -0.2) is 0 Å². The molecule has 1 atom stereocenters. The second-order valence-electron chi connectivity index (χ2n) is 7.00. The Balaban J connectivity index is 1.60. The maximum Gasteiger partial charge on any atom is 0.241 e. The van der Waals surface area contributed by atoms with Crippen molar-refractivity contribution < 1.29 is 9.63 Å². The molecule has 146 valence electrons. The highest BCUT2D eigenvalue weighted by molar-refractivity contribution is 5.53. The Morgan fingerprint density at radius 3 is 2.24 bits per heavy atom. The molecule has 1 unspecified atom stereocenters. The number of nitrogens with zero attached hydrogens (tertiary/aromatic N) is 3. The van der Waals surface area contributed by atoms with Crippen LogP contribution in [-0.4, -0.2) is 20.1 Å². The molecule has 0 fully saturated rings. The number of benzene rings is 3. The van der Waals surface area contributed by atoms with E-state index in [9.17, 15) is 5.11 Å². The van der Waals surface area contributed by atoms with E-state index in [2.05, 4.69) is 34.1 Å². The fourth-order valence-corrected chi connectivity index (χ4v) is 3.33. The number of phenols is 1. The van der Waals surface area contributed by atoms with E-state index >= 15 is 0 Å². The molecule has 3 aromatic carbocycles. The van der Waals surface area contributed by atoms with Crippen molar-refractivity contribution in [2.45, 2.75) is 26.1 Å². The first kappa shape index (κ1) is 18.9. The van der Waals surface area contributed by atoms with Gasteiger partial charge in [-0.1, -0.05) is 84.0 Å². The molecule has 5 heteroatoms. The van der Waals surface area contributed by atoms with Crippen molar-refractivity contribution in [3.63, 3.8) is 0 Å². The van der Waals surface area contributed by atoms with E-state index in [0.717, 1.165) is 11.1 Å². The van der Waals surface area contributed by atoms with Crippen LogP contribution in [0.1, 0.15) is 30.0 Å². The van der Waals surface area contributed by atoms with Crippen LogP contribution in [0.5, 0.6) is 5.75 Å². The summed E-state index contributed by atoms with van der Waals surface area (Å²) in [5, 5.41) is 14.4. The standard InChI is InChI=1S/C24H23N3O2/c1-18(19-10-4-2-5-11-19)27(16-21-14-8-9-15-22(21)28)17-23-25-24(26-29-23)20-12-6-3-7-13-20/h2-15,18,28H,16-17H2,1H3. The summed E-state index contributed by atoms with van der Waals surface area (Å²) in [6.07, 6.45) is 0. The number of hydrogen-bond acceptors (Lipinski definition) is 5. The summed E-state index contributed by atoms with van der Waals surface area (Å²) in [5.41, 5.74) is 2.97. The molecule has 0 spiro atoms. The van der Waals surface area contributed by atoms with E-state index in [4.69, 9.17) is 4.52 Å². The van der Waals surface area contributed by atoms with Crippen LogP contribution in [0.25, 0.3) is 11.4 Å². The molecule has 0 radical (unpaired) electrons. The molecule has 4 aromatic rings. The first-order valence-electron chi connectivity index (χ1n) is 9.64. The molecule has 0 aliphatic carbocycles. The van der Waals surface area contributed by atoms with Gasteiger partial charge < -0.3 is 9.63 Å². The van der Waals surface area contributed by atoms with Gasteiger partial charge in [-0.05, 0) is 18.6 Å². The van der Waals surface area contributed by atoms with Gasteiger partial charge in [0.25, 0.3) is 0 Å². The van der Waals surface area contributed by atoms with Crippen LogP contribution < -0.4 is 0 Å². The van der Waals surface area contributed by atoms with Crippen molar-refractivity contribution in [2.24, 2.45) is 0 Å². The van der Waals surface area contributed by atoms with Crippen molar-refractivity contribution in [1.82, 2.24) is 15.0 Å². The van der Waals surface area contributed by atoms with Gasteiger partial charge in [-0.3, -0.25) is 4.90 Å². The van der Waals surface area contributed by atoms with Gasteiger partial charge in [0.2, 0.25) is 11.7 Å². The average Bonchev–Trinajstić information content (AvgIpc) is 3.24. The van der Waals surface area contributed by atoms with E-state index in [1.165, 1.54) is 5.56 Å². The summed E-state index contributed by atoms with van der Waals surface area (Å²) < 4.78 is 5.54. The molecule has 1 aromatic heterocycles. The molecule has 29 heavy (non-hydrogen) atoms. The summed E-state index contributed by atoms with van der Waals surface area (Å²) in [4.78, 5) is 6.79. The van der Waals surface area contributed by atoms with Crippen molar-refractivity contribution >= 4 is 0 Å². The zero-order chi connectivity index (χ0) is 20.1. The fourth-order valence-electron chi connectivity index (χ4n) is 3.33. The number of rotatable bonds is 7. The molecule has 0 saturated heterocycles. The summed E-state index contributed by atoms with van der Waals surface area (Å²) in [5.74, 6) is 1.41. The fraction of sp³-hybridized carbons (Fsp3) is 0.167. The molecule has 0 amide bonds. The third-order valence-electron chi connectivity index (χ3n) is 5.03. The minimum Gasteiger partial charge on any atom is -0.508 e. The van der Waals surface area contributed by atoms with Gasteiger partial charge in [0, 0.05) is 23.7 Å². The topological polar surface area (TPSA) is 62.4 Å². The Labute approximate surface area is 170 Å². The molecule has 0 bridgehead atoms. The summed E-state index contributed by atoms with van der Waals surface area (Å²) in [6, 6.07) is 27.6. The molecule has 5 nitrogen and oxygen atoms in total. The Kier molecular flexibility index (Phi) is 5.68. The maximum absolute atomic E-state index is 10.3. The molecule has 4 rings (SSSR count). The predicted octanol–water partition coefficient (Wildman–Crippen LogP) is 5.21. The first-order valence-corrected chi connectivity index (χ1v) is 9.64. The van der Waals surface area contributed by atoms with E-state index in [1.807, 2.05) is 66.7 Å². The monoisotopic (exact) mass is 385 g/mol. The number of para-hydroxylation sites is 1. The Morgan fingerprint density at radius 2 is 1.52 bits per heavy atom. The van der Waals surface area contributed by atoms with E-state index < -0.39 is 0 Å². The van der Waals surface area contributed by atoms with Crippen molar-refractivity contribution in [2.75, 3.05) is 0 Å². The van der Waals surface area contributed by atoms with Crippen molar-refractivity contribution in [1.29, 1.82) is 0 Å². The van der Waals surface area contributed by atoms with Crippen LogP contribution in [0.4, 0.5) is 0 Å². The maximum atomic E-state index is 10.3. The third-order valence-corrected chi connectivity index (χ3v) is 5.03. The van der Waals surface area contributed by atoms with Crippen LogP contribution in [0, 0.1) is 0 Å². The molecule has 1 heterocycles. The number of aromatic nitrogens is 2. The van der Waals surface area contributed by atoms with Gasteiger partial charge in [0.1, 0.15) is 5.75 Å². The molecular formula is C24H23N3O2. The van der Waals surface area contributed by atoms with Crippen LogP contribution in [0.2, 0.25) is 0 Å². The van der Waals surface area contributed by atoms with Gasteiger partial charge >= 0.3 is 0 Å². The van der Waals surface area contributed by atoms with Crippen LogP contribution in [-0.2, 0) is 13.1 Å². The summed E-state index contributed by atoms with van der Waals surface area (Å²) in [6.45, 7) is 3.18. The lowest BCUT2D eigenvalue weighted by Gasteiger charge is -2.28. The van der Waals surface area contributed by atoms with Gasteiger partial charge in [-0.2, -0.15) is 4.98 Å². The smallest absolute Gasteiger partial charge is 0.241 e. The second kappa shape index (κ2) is 8.71. The number of aromatic hydroxyl groups is 1. The summed E-state index contributed by atoms with van der Waals surface area (Å²) >= 11 is 0. The molecule has 0 aliphatic rings. The van der Waals surface area contributed by atoms with Gasteiger partial charge in [0.15, 0.2) is 0 Å². The van der Waals surface area contributed by atoms with E-state index in [0.29, 0.717) is 24.8 Å². The summed E-state index contributed by atoms with van der Waals surface area (Å²) in [7, 11) is 0. The lowest BCUT2D eigenvalue weighted by molar-refractivity contribution is 0.165. The Bertz CT molecular complexity index is 1050. The molecule has 1 N–H and O–H groups in total. The van der Waals surface area contributed by atoms with Gasteiger partial charge in [-0.15, -0.1) is 0 Å². The quantitative estimate of drug-likeness (QED) is 0.473. The highest BCUT2D eigenvalue weighted by Gasteiger charge is 2.21. The van der Waals surface area contributed by atoms with Crippen LogP contribution in [0.3, 0.4) is 0 Å². The molecule has 0 aliphatic heterocycles. The lowest BCUT2D eigenvalue weighted by atomic mass is 10.1. The first-order chi connectivity index (χ1) is 14.2. The number of hydrogen-bond donors (Lipinski definition) is 1. The minimum absolute atomic E-state index is 0.0999. The molecule has 0 saturated carbocycles. The predicted molar refractivity (Wildman–Crippen MR) is 112 cm³/mol. The van der Waals surface area contributed by atoms with Crippen molar-refractivity contribution in [3.8, 4) is 17.1 Å². The van der Waals surface area contributed by atoms with Gasteiger partial charge in [0.05, 0.1) is 6.54 Å². The highest BCUT2D eigenvalue weighted by Crippen LogP contribution is 2.27. The zero-order valence-electron chi connectivity index (χ0n) is 16.3. The second-order valence-corrected chi connectivity index (χ2v) is 7.00. The average molecular weight is 385 g/mol. The van der Waals surface area contributed by atoms with E-state index in [1.54, 1.807) is 6.07 Å². The minimum atomic E-state index is 0.0999. The SMILES string of the molecule is CC(c1ccccc1)N(Cc1nc(-c2ccccc2)no1)Cc1ccccc1O. The highest BCUT2D eigenvalue weighted by atomic mass is 16.5. The largest absolute Gasteiger partial charge is 0.508 e. The van der Waals surface area contributed by atoms with Crippen LogP contribution >= 0.6 is 0 Å². The number of phenolic OH excluding ortho intramolecular Hbond substituents is 1. The van der Waals surface area contributed by atoms with E-state index in [-0.39, 0.29) is 11.8 Å². The third kappa shape index (κ3) is 4.52. The Morgan fingerprint density at radius 1 is 0.862 bits per heavy atom. The van der Waals surface area contributed by atoms with Crippen LogP contribution in [0.15, 0.2) is 89.5 Å².